The van der Waals surface area contributed by atoms with E-state index in [1.54, 1.807) is 4.90 Å². The number of methoxy groups -OCH3 is 1. The Bertz CT molecular complexity index is 642. The van der Waals surface area contributed by atoms with Gasteiger partial charge in [-0.2, -0.15) is 0 Å². The molecule has 0 aliphatic carbocycles. The molecular formula is C14H16N2O6. The van der Waals surface area contributed by atoms with Crippen molar-refractivity contribution in [2.45, 2.75) is 25.8 Å². The van der Waals surface area contributed by atoms with Gasteiger partial charge in [-0.15, -0.1) is 0 Å². The molecule has 1 aromatic carbocycles. The number of nitro benzene ring substituents is 1. The van der Waals surface area contributed by atoms with Crippen molar-refractivity contribution in [2.75, 3.05) is 18.6 Å². The SMILES string of the molecule is COC(=O)c1cc(N2CCC[C@H]2C(=O)O)cc(C)c1[N+](=O)[O-]. The number of hydrogen-bond donors (Lipinski definition) is 1. The van der Waals surface area contributed by atoms with E-state index in [0.717, 1.165) is 7.11 Å². The Morgan fingerprint density at radius 2 is 2.14 bits per heavy atom. The molecular weight excluding hydrogens is 292 g/mol. The van der Waals surface area contributed by atoms with E-state index in [4.69, 9.17) is 0 Å². The van der Waals surface area contributed by atoms with E-state index in [-0.39, 0.29) is 11.3 Å². The molecule has 22 heavy (non-hydrogen) atoms. The molecule has 2 rings (SSSR count). The van der Waals surface area contributed by atoms with Gasteiger partial charge in [0.05, 0.1) is 12.0 Å². The van der Waals surface area contributed by atoms with Crippen LogP contribution in [-0.4, -0.2) is 41.7 Å². The number of nitrogens with zero attached hydrogens (tertiary/aromatic N) is 2. The molecule has 0 spiro atoms. The normalized spacial score (nSPS) is 17.4. The van der Waals surface area contributed by atoms with E-state index in [0.29, 0.717) is 30.6 Å². The average molecular weight is 308 g/mol. The van der Waals surface area contributed by atoms with Crippen LogP contribution in [0.4, 0.5) is 11.4 Å². The zero-order valence-corrected chi connectivity index (χ0v) is 12.2. The molecule has 0 aromatic heterocycles. The van der Waals surface area contributed by atoms with Gasteiger partial charge in [-0.25, -0.2) is 9.59 Å². The van der Waals surface area contributed by atoms with Gasteiger partial charge in [-0.1, -0.05) is 0 Å². The van der Waals surface area contributed by atoms with Crippen molar-refractivity contribution in [1.82, 2.24) is 0 Å². The Labute approximate surface area is 126 Å². The summed E-state index contributed by atoms with van der Waals surface area (Å²) in [7, 11) is 1.14. The molecule has 0 radical (unpaired) electrons. The molecule has 1 aliphatic rings. The first-order valence-electron chi connectivity index (χ1n) is 6.73. The van der Waals surface area contributed by atoms with Crippen LogP contribution in [0.25, 0.3) is 0 Å². The van der Waals surface area contributed by atoms with Crippen LogP contribution in [0.5, 0.6) is 0 Å². The van der Waals surface area contributed by atoms with Gasteiger partial charge >= 0.3 is 11.9 Å². The molecule has 0 amide bonds. The molecule has 1 aromatic rings. The van der Waals surface area contributed by atoms with Crippen LogP contribution < -0.4 is 4.90 Å². The Kier molecular flexibility index (Phi) is 4.30. The van der Waals surface area contributed by atoms with Crippen LogP contribution in [0, 0.1) is 17.0 Å². The van der Waals surface area contributed by atoms with Gasteiger partial charge in [0.1, 0.15) is 11.6 Å². The fourth-order valence-electron chi connectivity index (χ4n) is 2.77. The summed E-state index contributed by atoms with van der Waals surface area (Å²) in [5, 5.41) is 20.4. The Morgan fingerprint density at radius 3 is 2.68 bits per heavy atom. The third-order valence-corrected chi connectivity index (χ3v) is 3.74. The number of anilines is 1. The standard InChI is InChI=1S/C14H16N2O6/c1-8-6-9(15-5-3-4-11(15)13(17)18)7-10(14(19)22-2)12(8)16(20)21/h6-7,11H,3-5H2,1-2H3,(H,17,18)/t11-/m0/s1. The average Bonchev–Trinajstić information content (AvgIpc) is 2.94. The second-order valence-electron chi connectivity index (χ2n) is 5.10. The van der Waals surface area contributed by atoms with Gasteiger partial charge in [0.25, 0.3) is 5.69 Å². The number of nitro groups is 1. The van der Waals surface area contributed by atoms with Crippen molar-refractivity contribution < 1.29 is 24.4 Å². The number of rotatable bonds is 4. The molecule has 0 unspecified atom stereocenters. The van der Waals surface area contributed by atoms with Crippen molar-refractivity contribution in [2.24, 2.45) is 0 Å². The van der Waals surface area contributed by atoms with E-state index in [9.17, 15) is 24.8 Å². The molecule has 8 nitrogen and oxygen atoms in total. The van der Waals surface area contributed by atoms with Gasteiger partial charge in [0.15, 0.2) is 0 Å². The fraction of sp³-hybridized carbons (Fsp3) is 0.429. The third kappa shape index (κ3) is 2.72. The molecule has 0 saturated carbocycles. The fourth-order valence-corrected chi connectivity index (χ4v) is 2.77. The summed E-state index contributed by atoms with van der Waals surface area (Å²) < 4.78 is 4.60. The summed E-state index contributed by atoms with van der Waals surface area (Å²) in [5.41, 5.74) is 0.285. The van der Waals surface area contributed by atoms with Gasteiger partial charge in [-0.05, 0) is 31.9 Å². The van der Waals surface area contributed by atoms with Crippen LogP contribution in [0.3, 0.4) is 0 Å². The number of aliphatic carboxylic acids is 1. The largest absolute Gasteiger partial charge is 0.480 e. The van der Waals surface area contributed by atoms with E-state index in [1.165, 1.54) is 19.1 Å². The van der Waals surface area contributed by atoms with E-state index in [2.05, 4.69) is 4.74 Å². The molecule has 8 heteroatoms. The van der Waals surface area contributed by atoms with Gasteiger partial charge < -0.3 is 14.7 Å². The molecule has 1 aliphatic heterocycles. The van der Waals surface area contributed by atoms with Crippen LogP contribution in [0.1, 0.15) is 28.8 Å². The molecule has 118 valence electrons. The lowest BCUT2D eigenvalue weighted by atomic mass is 10.1. The maximum atomic E-state index is 11.8. The summed E-state index contributed by atoms with van der Waals surface area (Å²) in [5.74, 6) is -1.77. The zero-order chi connectivity index (χ0) is 16.4. The van der Waals surface area contributed by atoms with Crippen LogP contribution in [0.2, 0.25) is 0 Å². The first-order valence-corrected chi connectivity index (χ1v) is 6.73. The number of hydrogen-bond acceptors (Lipinski definition) is 6. The van der Waals surface area contributed by atoms with E-state index >= 15 is 0 Å². The predicted octanol–water partition coefficient (Wildman–Crippen LogP) is 1.74. The minimum Gasteiger partial charge on any atom is -0.480 e. The van der Waals surface area contributed by atoms with Crippen molar-refractivity contribution >= 4 is 23.3 Å². The topological polar surface area (TPSA) is 110 Å². The maximum absolute atomic E-state index is 11.8. The van der Waals surface area contributed by atoms with Gasteiger partial charge in [0, 0.05) is 17.8 Å². The van der Waals surface area contributed by atoms with E-state index in [1.807, 2.05) is 0 Å². The summed E-state index contributed by atoms with van der Waals surface area (Å²) in [6.07, 6.45) is 1.21. The second kappa shape index (κ2) is 6.00. The number of esters is 1. The highest BCUT2D eigenvalue weighted by atomic mass is 16.6. The van der Waals surface area contributed by atoms with Crippen molar-refractivity contribution in [3.05, 3.63) is 33.4 Å². The Morgan fingerprint density at radius 1 is 1.45 bits per heavy atom. The molecule has 1 heterocycles. The molecule has 1 atom stereocenters. The summed E-state index contributed by atoms with van der Waals surface area (Å²) >= 11 is 0. The molecule has 1 saturated heterocycles. The lowest BCUT2D eigenvalue weighted by molar-refractivity contribution is -0.385. The van der Waals surface area contributed by atoms with Crippen LogP contribution in [-0.2, 0) is 9.53 Å². The summed E-state index contributed by atoms with van der Waals surface area (Å²) in [4.78, 5) is 35.3. The minimum atomic E-state index is -0.951. The number of benzene rings is 1. The summed E-state index contributed by atoms with van der Waals surface area (Å²) in [6, 6.07) is 2.18. The van der Waals surface area contributed by atoms with Gasteiger partial charge in [-0.3, -0.25) is 10.1 Å². The predicted molar refractivity (Wildman–Crippen MR) is 77.2 cm³/mol. The molecule has 0 bridgehead atoms. The van der Waals surface area contributed by atoms with E-state index < -0.39 is 22.9 Å². The smallest absolute Gasteiger partial charge is 0.344 e. The van der Waals surface area contributed by atoms with Crippen molar-refractivity contribution in [1.29, 1.82) is 0 Å². The first kappa shape index (κ1) is 15.7. The highest BCUT2D eigenvalue weighted by Crippen LogP contribution is 2.33. The second-order valence-corrected chi connectivity index (χ2v) is 5.10. The summed E-state index contributed by atoms with van der Waals surface area (Å²) in [6.45, 7) is 2.04. The minimum absolute atomic E-state index is 0.168. The molecule has 1 N–H and O–H groups in total. The number of carboxylic acids is 1. The van der Waals surface area contributed by atoms with Gasteiger partial charge in [0.2, 0.25) is 0 Å². The lowest BCUT2D eigenvalue weighted by Gasteiger charge is -2.24. The number of carbonyl (C=O) groups excluding carboxylic acids is 1. The maximum Gasteiger partial charge on any atom is 0.344 e. The lowest BCUT2D eigenvalue weighted by Crippen LogP contribution is -2.36. The van der Waals surface area contributed by atoms with Crippen molar-refractivity contribution in [3.63, 3.8) is 0 Å². The highest BCUT2D eigenvalue weighted by molar-refractivity contribution is 5.96. The molecule has 1 fully saturated rings. The monoisotopic (exact) mass is 308 g/mol. The third-order valence-electron chi connectivity index (χ3n) is 3.74. The van der Waals surface area contributed by atoms with Crippen LogP contribution >= 0.6 is 0 Å². The van der Waals surface area contributed by atoms with Crippen LogP contribution in [0.15, 0.2) is 12.1 Å². The number of carbonyl (C=O) groups is 2. The Balaban J connectivity index is 2.55. The zero-order valence-electron chi connectivity index (χ0n) is 12.2. The Hall–Kier alpha value is -2.64. The number of ether oxygens (including phenoxy) is 1. The van der Waals surface area contributed by atoms with Crippen molar-refractivity contribution in [3.8, 4) is 0 Å². The number of carboxylic acid groups (broad SMARTS) is 1. The number of aryl methyl sites for hydroxylation is 1. The first-order chi connectivity index (χ1) is 10.4. The highest BCUT2D eigenvalue weighted by Gasteiger charge is 2.33. The quantitative estimate of drug-likeness (QED) is 0.512.